The second kappa shape index (κ2) is 10.6. The molecule has 0 saturated carbocycles. The second-order valence-electron chi connectivity index (χ2n) is 9.65. The summed E-state index contributed by atoms with van der Waals surface area (Å²) in [5.74, 6) is -0.00931. The van der Waals surface area contributed by atoms with Crippen LogP contribution in [0.25, 0.3) is 21.8 Å². The molecular weight excluding hydrogens is 457 g/mol. The number of carbonyl (C=O) groups excluding carboxylic acids is 1. The van der Waals surface area contributed by atoms with Gasteiger partial charge in [0.1, 0.15) is 17.9 Å². The Bertz CT molecular complexity index is 1440. The summed E-state index contributed by atoms with van der Waals surface area (Å²) in [6.45, 7) is 5.62. The summed E-state index contributed by atoms with van der Waals surface area (Å²) in [6.07, 6.45) is 4.48. The zero-order chi connectivity index (χ0) is 25.1. The first kappa shape index (κ1) is 24.2. The van der Waals surface area contributed by atoms with Crippen molar-refractivity contribution in [2.45, 2.75) is 45.8 Å². The predicted octanol–water partition coefficient (Wildman–Crippen LogP) is 3.93. The number of benzene rings is 2. The topological polar surface area (TPSA) is 72.2 Å². The second-order valence-corrected chi connectivity index (χ2v) is 9.65. The first-order valence-corrected chi connectivity index (χ1v) is 12.7. The Labute approximate surface area is 209 Å². The van der Waals surface area contributed by atoms with Crippen LogP contribution in [-0.4, -0.2) is 44.8 Å². The van der Waals surface area contributed by atoms with Crippen LogP contribution in [0.2, 0.25) is 0 Å². The molecule has 8 heteroatoms. The van der Waals surface area contributed by atoms with E-state index in [1.54, 1.807) is 12.3 Å². The van der Waals surface area contributed by atoms with Gasteiger partial charge >= 0.3 is 0 Å². The maximum Gasteiger partial charge on any atom is 0.291 e. The summed E-state index contributed by atoms with van der Waals surface area (Å²) in [5, 5.41) is 9.13. The van der Waals surface area contributed by atoms with Gasteiger partial charge in [-0.1, -0.05) is 43.3 Å². The lowest BCUT2D eigenvalue weighted by Gasteiger charge is -2.32. The summed E-state index contributed by atoms with van der Waals surface area (Å²) >= 11 is 0. The van der Waals surface area contributed by atoms with Crippen molar-refractivity contribution in [2.75, 3.05) is 19.6 Å². The van der Waals surface area contributed by atoms with Crippen molar-refractivity contribution in [1.29, 1.82) is 0 Å². The number of hydrogen-bond donors (Lipinski definition) is 1. The van der Waals surface area contributed by atoms with E-state index >= 15 is 0 Å². The maximum atomic E-state index is 13.9. The van der Waals surface area contributed by atoms with Crippen LogP contribution in [0, 0.1) is 11.7 Å². The lowest BCUT2D eigenvalue weighted by Crippen LogP contribution is -2.40. The quantitative estimate of drug-likeness (QED) is 0.407. The van der Waals surface area contributed by atoms with Gasteiger partial charge in [0.05, 0.1) is 6.20 Å². The highest BCUT2D eigenvalue weighted by molar-refractivity contribution is 6.07. The molecule has 7 nitrogen and oxygen atoms in total. The molecule has 5 rings (SSSR count). The lowest BCUT2D eigenvalue weighted by molar-refractivity contribution is -0.122. The van der Waals surface area contributed by atoms with Gasteiger partial charge in [-0.15, -0.1) is 0 Å². The molecule has 0 unspecified atom stereocenters. The van der Waals surface area contributed by atoms with Gasteiger partial charge in [0.25, 0.3) is 5.56 Å². The van der Waals surface area contributed by atoms with Crippen molar-refractivity contribution in [3.63, 3.8) is 0 Å². The molecule has 36 heavy (non-hydrogen) atoms. The minimum atomic E-state index is -0.242. The minimum absolute atomic E-state index is 0.103. The van der Waals surface area contributed by atoms with Gasteiger partial charge in [-0.3, -0.25) is 14.5 Å². The number of hydrogen-bond acceptors (Lipinski definition) is 4. The molecule has 4 aromatic rings. The van der Waals surface area contributed by atoms with Crippen molar-refractivity contribution in [1.82, 2.24) is 24.6 Å². The number of amides is 1. The molecule has 1 N–H and O–H groups in total. The molecular formula is C28H32FN5O2. The molecule has 1 fully saturated rings. The molecule has 2 aromatic carbocycles. The molecule has 188 valence electrons. The van der Waals surface area contributed by atoms with E-state index in [-0.39, 0.29) is 23.8 Å². The number of aromatic nitrogens is 3. The van der Waals surface area contributed by atoms with E-state index in [9.17, 15) is 14.0 Å². The maximum absolute atomic E-state index is 13.9. The Morgan fingerprint density at radius 3 is 2.61 bits per heavy atom. The largest absolute Gasteiger partial charge is 0.354 e. The van der Waals surface area contributed by atoms with E-state index in [1.165, 1.54) is 10.7 Å². The molecule has 0 spiro atoms. The van der Waals surface area contributed by atoms with Gasteiger partial charge in [-0.05, 0) is 50.4 Å². The number of nitrogens with one attached hydrogen (secondary N) is 1. The number of aryl methyl sites for hydroxylation is 1. The number of para-hydroxylation sites is 1. The molecule has 0 atom stereocenters. The first-order chi connectivity index (χ1) is 17.5. The minimum Gasteiger partial charge on any atom is -0.354 e. The Morgan fingerprint density at radius 2 is 1.83 bits per heavy atom. The van der Waals surface area contributed by atoms with E-state index in [1.807, 2.05) is 41.0 Å². The normalized spacial score (nSPS) is 15.1. The van der Waals surface area contributed by atoms with E-state index < -0.39 is 0 Å². The third-order valence-electron chi connectivity index (χ3n) is 7.16. The van der Waals surface area contributed by atoms with Crippen LogP contribution in [0.5, 0.6) is 0 Å². The Morgan fingerprint density at radius 1 is 1.08 bits per heavy atom. The highest BCUT2D eigenvalue weighted by atomic mass is 19.1. The zero-order valence-corrected chi connectivity index (χ0v) is 20.6. The van der Waals surface area contributed by atoms with Gasteiger partial charge in [0.15, 0.2) is 0 Å². The van der Waals surface area contributed by atoms with Crippen molar-refractivity contribution >= 4 is 27.7 Å². The highest BCUT2D eigenvalue weighted by Crippen LogP contribution is 2.26. The van der Waals surface area contributed by atoms with Crippen molar-refractivity contribution in [2.24, 2.45) is 5.92 Å². The van der Waals surface area contributed by atoms with Crippen LogP contribution < -0.4 is 10.9 Å². The predicted molar refractivity (Wildman–Crippen MR) is 139 cm³/mol. The van der Waals surface area contributed by atoms with Crippen LogP contribution in [-0.2, 0) is 24.4 Å². The van der Waals surface area contributed by atoms with Crippen LogP contribution in [0.1, 0.15) is 31.7 Å². The average Bonchev–Trinajstić information content (AvgIpc) is 3.21. The fourth-order valence-electron chi connectivity index (χ4n) is 5.23. The average molecular weight is 490 g/mol. The smallest absolute Gasteiger partial charge is 0.291 e. The summed E-state index contributed by atoms with van der Waals surface area (Å²) in [5.41, 5.74) is 2.09. The van der Waals surface area contributed by atoms with Crippen molar-refractivity contribution in [3.05, 3.63) is 76.5 Å². The monoisotopic (exact) mass is 489 g/mol. The van der Waals surface area contributed by atoms with Crippen molar-refractivity contribution < 1.29 is 9.18 Å². The van der Waals surface area contributed by atoms with Gasteiger partial charge in [-0.25, -0.2) is 9.07 Å². The molecule has 1 aliphatic heterocycles. The Hall–Kier alpha value is -3.52. The van der Waals surface area contributed by atoms with Gasteiger partial charge in [-0.2, -0.15) is 5.10 Å². The molecule has 0 bridgehead atoms. The third-order valence-corrected chi connectivity index (χ3v) is 7.16. The van der Waals surface area contributed by atoms with Crippen LogP contribution in [0.15, 0.2) is 59.5 Å². The highest BCUT2D eigenvalue weighted by Gasteiger charge is 2.21. The van der Waals surface area contributed by atoms with E-state index in [2.05, 4.69) is 22.2 Å². The third kappa shape index (κ3) is 4.91. The fraction of sp³-hybridized carbons (Fsp3) is 0.393. The van der Waals surface area contributed by atoms with E-state index in [0.717, 1.165) is 60.7 Å². The molecule has 1 amide bonds. The number of halogens is 1. The summed E-state index contributed by atoms with van der Waals surface area (Å²) in [4.78, 5) is 28.3. The standard InChI is InChI=1S/C28H32FN5O2/c1-2-13-33-25-10-6-4-8-22(25)23-17-31-34(28(36)27(23)33)19-26(35)30-16-20-11-14-32(15-12-20)18-21-7-3-5-9-24(21)29/h3-10,17,20H,2,11-16,18-19H2,1H3,(H,30,35). The summed E-state index contributed by atoms with van der Waals surface area (Å²) < 4.78 is 17.2. The van der Waals surface area contributed by atoms with Crippen LogP contribution in [0.3, 0.4) is 0 Å². The van der Waals surface area contributed by atoms with Gasteiger partial charge < -0.3 is 9.88 Å². The Kier molecular flexibility index (Phi) is 7.13. The Balaban J connectivity index is 1.20. The summed E-state index contributed by atoms with van der Waals surface area (Å²) in [7, 11) is 0. The van der Waals surface area contributed by atoms with Gasteiger partial charge in [0.2, 0.25) is 5.91 Å². The molecule has 0 radical (unpaired) electrons. The molecule has 3 heterocycles. The number of likely N-dealkylation sites (tertiary alicyclic amines) is 1. The number of carbonyl (C=O) groups is 1. The number of nitrogens with zero attached hydrogens (tertiary/aromatic N) is 4. The number of piperidine rings is 1. The van der Waals surface area contributed by atoms with Crippen LogP contribution >= 0.6 is 0 Å². The summed E-state index contributed by atoms with van der Waals surface area (Å²) in [6, 6.07) is 14.9. The molecule has 2 aromatic heterocycles. The fourth-order valence-corrected chi connectivity index (χ4v) is 5.23. The SMILES string of the molecule is CCCn1c2ccccc2c2cnn(CC(=O)NCC3CCN(Cc4ccccc4F)CC3)c(=O)c21. The molecule has 0 aliphatic carbocycles. The molecule has 1 aliphatic rings. The zero-order valence-electron chi connectivity index (χ0n) is 20.6. The first-order valence-electron chi connectivity index (χ1n) is 12.7. The van der Waals surface area contributed by atoms with E-state index in [0.29, 0.717) is 24.5 Å². The number of fused-ring (bicyclic) bond motifs is 3. The lowest BCUT2D eigenvalue weighted by atomic mass is 9.96. The number of rotatable bonds is 8. The van der Waals surface area contributed by atoms with Crippen LogP contribution in [0.4, 0.5) is 4.39 Å². The van der Waals surface area contributed by atoms with E-state index in [4.69, 9.17) is 0 Å². The molecule has 1 saturated heterocycles. The van der Waals surface area contributed by atoms with Gasteiger partial charge in [0, 0.05) is 41.5 Å². The van der Waals surface area contributed by atoms with Crippen molar-refractivity contribution in [3.8, 4) is 0 Å².